The van der Waals surface area contributed by atoms with Gasteiger partial charge in [-0.05, 0) is 42.7 Å². The van der Waals surface area contributed by atoms with E-state index in [4.69, 9.17) is 4.74 Å². The Bertz CT molecular complexity index is 1070. The molecule has 0 saturated heterocycles. The van der Waals surface area contributed by atoms with Gasteiger partial charge in [0.1, 0.15) is 18.1 Å². The van der Waals surface area contributed by atoms with Gasteiger partial charge in [-0.1, -0.05) is 6.07 Å². The first-order chi connectivity index (χ1) is 13.5. The SMILES string of the molecule is COc1cc(F)ccc1-c1ccc(=O)n(CC(=O)Nc2cccc(SC)c2)n1. The van der Waals surface area contributed by atoms with Crippen LogP contribution in [0.3, 0.4) is 0 Å². The number of amides is 1. The van der Waals surface area contributed by atoms with Crippen LogP contribution in [0.1, 0.15) is 0 Å². The molecule has 28 heavy (non-hydrogen) atoms. The van der Waals surface area contributed by atoms with Gasteiger partial charge in [0.25, 0.3) is 5.56 Å². The Morgan fingerprint density at radius 1 is 1.21 bits per heavy atom. The highest BCUT2D eigenvalue weighted by atomic mass is 32.2. The van der Waals surface area contributed by atoms with Gasteiger partial charge < -0.3 is 10.1 Å². The molecule has 0 saturated carbocycles. The zero-order valence-corrected chi connectivity index (χ0v) is 16.1. The molecule has 0 aliphatic rings. The summed E-state index contributed by atoms with van der Waals surface area (Å²) in [7, 11) is 1.42. The van der Waals surface area contributed by atoms with Crippen molar-refractivity contribution in [3.05, 3.63) is 70.8 Å². The van der Waals surface area contributed by atoms with Crippen molar-refractivity contribution in [1.29, 1.82) is 0 Å². The number of halogens is 1. The minimum absolute atomic E-state index is 0.250. The Kier molecular flexibility index (Phi) is 6.10. The van der Waals surface area contributed by atoms with Gasteiger partial charge in [0.2, 0.25) is 5.91 Å². The van der Waals surface area contributed by atoms with Crippen molar-refractivity contribution >= 4 is 23.4 Å². The summed E-state index contributed by atoms with van der Waals surface area (Å²) in [6.45, 7) is -0.250. The zero-order valence-electron chi connectivity index (χ0n) is 15.3. The maximum Gasteiger partial charge on any atom is 0.267 e. The lowest BCUT2D eigenvalue weighted by Crippen LogP contribution is -2.29. The van der Waals surface area contributed by atoms with Crippen molar-refractivity contribution in [2.24, 2.45) is 0 Å². The average Bonchev–Trinajstić information content (AvgIpc) is 2.69. The second-order valence-corrected chi connectivity index (χ2v) is 6.72. The molecule has 3 rings (SSSR count). The monoisotopic (exact) mass is 399 g/mol. The highest BCUT2D eigenvalue weighted by Crippen LogP contribution is 2.28. The molecule has 6 nitrogen and oxygen atoms in total. The van der Waals surface area contributed by atoms with Crippen LogP contribution in [0.4, 0.5) is 10.1 Å². The van der Waals surface area contributed by atoms with E-state index in [9.17, 15) is 14.0 Å². The van der Waals surface area contributed by atoms with E-state index in [1.165, 1.54) is 37.4 Å². The van der Waals surface area contributed by atoms with Gasteiger partial charge >= 0.3 is 0 Å². The number of nitrogens with one attached hydrogen (secondary N) is 1. The fourth-order valence-corrected chi connectivity index (χ4v) is 3.08. The molecular weight excluding hydrogens is 381 g/mol. The molecule has 1 amide bonds. The number of nitrogens with zero attached hydrogens (tertiary/aromatic N) is 2. The first kappa shape index (κ1) is 19.6. The van der Waals surface area contributed by atoms with E-state index in [1.807, 2.05) is 24.5 Å². The number of ether oxygens (including phenoxy) is 1. The van der Waals surface area contributed by atoms with Gasteiger partial charge in [0.15, 0.2) is 0 Å². The molecule has 144 valence electrons. The third kappa shape index (κ3) is 4.58. The number of benzene rings is 2. The second-order valence-electron chi connectivity index (χ2n) is 5.84. The lowest BCUT2D eigenvalue weighted by molar-refractivity contribution is -0.117. The predicted octanol–water partition coefficient (Wildman–Crippen LogP) is 3.42. The summed E-state index contributed by atoms with van der Waals surface area (Å²) in [5, 5.41) is 6.99. The van der Waals surface area contributed by atoms with Crippen molar-refractivity contribution in [1.82, 2.24) is 9.78 Å². The summed E-state index contributed by atoms with van der Waals surface area (Å²) in [4.78, 5) is 25.5. The van der Waals surface area contributed by atoms with E-state index in [1.54, 1.807) is 17.8 Å². The molecule has 0 unspecified atom stereocenters. The molecule has 1 heterocycles. The van der Waals surface area contributed by atoms with Gasteiger partial charge in [0, 0.05) is 28.3 Å². The molecule has 0 aliphatic carbocycles. The van der Waals surface area contributed by atoms with Crippen LogP contribution in [0.2, 0.25) is 0 Å². The molecule has 0 bridgehead atoms. The lowest BCUT2D eigenvalue weighted by Gasteiger charge is -2.11. The maximum atomic E-state index is 13.4. The molecule has 0 spiro atoms. The van der Waals surface area contributed by atoms with E-state index in [0.29, 0.717) is 16.9 Å². The highest BCUT2D eigenvalue weighted by molar-refractivity contribution is 7.98. The van der Waals surface area contributed by atoms with Crippen LogP contribution in [-0.4, -0.2) is 29.1 Å². The molecule has 0 fully saturated rings. The van der Waals surface area contributed by atoms with Crippen LogP contribution >= 0.6 is 11.8 Å². The first-order valence-corrected chi connectivity index (χ1v) is 9.58. The highest BCUT2D eigenvalue weighted by Gasteiger charge is 2.12. The summed E-state index contributed by atoms with van der Waals surface area (Å²) >= 11 is 1.56. The van der Waals surface area contributed by atoms with Crippen LogP contribution in [0.15, 0.2) is 64.3 Å². The van der Waals surface area contributed by atoms with E-state index >= 15 is 0 Å². The number of anilines is 1. The number of hydrogen-bond acceptors (Lipinski definition) is 5. The molecule has 0 radical (unpaired) electrons. The van der Waals surface area contributed by atoms with Gasteiger partial charge in [-0.15, -0.1) is 11.8 Å². The normalized spacial score (nSPS) is 10.5. The second kappa shape index (κ2) is 8.71. The van der Waals surface area contributed by atoms with Crippen molar-refractivity contribution in [3.8, 4) is 17.0 Å². The summed E-state index contributed by atoms with van der Waals surface area (Å²) in [6.07, 6.45) is 1.94. The van der Waals surface area contributed by atoms with Gasteiger partial charge in [-0.2, -0.15) is 5.10 Å². The molecule has 1 N–H and O–H groups in total. The van der Waals surface area contributed by atoms with Gasteiger partial charge in [-0.3, -0.25) is 9.59 Å². The maximum absolute atomic E-state index is 13.4. The minimum Gasteiger partial charge on any atom is -0.496 e. The van der Waals surface area contributed by atoms with E-state index in [0.717, 1.165) is 9.58 Å². The molecule has 8 heteroatoms. The number of carbonyl (C=O) groups is 1. The largest absolute Gasteiger partial charge is 0.496 e. The summed E-state index contributed by atoms with van der Waals surface area (Å²) < 4.78 is 19.7. The van der Waals surface area contributed by atoms with E-state index in [2.05, 4.69) is 10.4 Å². The molecule has 0 aliphatic heterocycles. The van der Waals surface area contributed by atoms with E-state index in [-0.39, 0.29) is 18.2 Å². The smallest absolute Gasteiger partial charge is 0.267 e. The number of thioether (sulfide) groups is 1. The Morgan fingerprint density at radius 2 is 2.04 bits per heavy atom. The van der Waals surface area contributed by atoms with Crippen LogP contribution in [-0.2, 0) is 11.3 Å². The first-order valence-electron chi connectivity index (χ1n) is 8.36. The molecule has 3 aromatic rings. The van der Waals surface area contributed by atoms with Crippen LogP contribution in [0.5, 0.6) is 5.75 Å². The zero-order chi connectivity index (χ0) is 20.1. The van der Waals surface area contributed by atoms with Gasteiger partial charge in [0.05, 0.1) is 12.8 Å². The number of carbonyl (C=O) groups excluding carboxylic acids is 1. The Balaban J connectivity index is 1.84. The summed E-state index contributed by atoms with van der Waals surface area (Å²) in [5.41, 5.74) is 1.14. The van der Waals surface area contributed by atoms with Crippen molar-refractivity contribution < 1.29 is 13.9 Å². The fraction of sp³-hybridized carbons (Fsp3) is 0.150. The molecule has 0 atom stereocenters. The van der Waals surface area contributed by atoms with Crippen molar-refractivity contribution in [3.63, 3.8) is 0 Å². The molecule has 2 aromatic carbocycles. The number of rotatable bonds is 6. The average molecular weight is 399 g/mol. The Hall–Kier alpha value is -3.13. The summed E-state index contributed by atoms with van der Waals surface area (Å²) in [6, 6.07) is 14.2. The number of methoxy groups -OCH3 is 1. The van der Waals surface area contributed by atoms with Gasteiger partial charge in [-0.25, -0.2) is 9.07 Å². The standard InChI is InChI=1S/C20H18FN3O3S/c1-27-18-10-13(21)6-7-16(18)17-8-9-20(26)24(23-17)12-19(25)22-14-4-3-5-15(11-14)28-2/h3-11H,12H2,1-2H3,(H,22,25). The lowest BCUT2D eigenvalue weighted by atomic mass is 10.1. The molecular formula is C20H18FN3O3S. The van der Waals surface area contributed by atoms with Crippen molar-refractivity contribution in [2.75, 3.05) is 18.7 Å². The number of aromatic nitrogens is 2. The third-order valence-electron chi connectivity index (χ3n) is 3.95. The van der Waals surface area contributed by atoms with Crippen LogP contribution < -0.4 is 15.6 Å². The quantitative estimate of drug-likeness (QED) is 0.643. The topological polar surface area (TPSA) is 73.2 Å². The fourth-order valence-electron chi connectivity index (χ4n) is 2.62. The molecule has 1 aromatic heterocycles. The Morgan fingerprint density at radius 3 is 2.79 bits per heavy atom. The third-order valence-corrected chi connectivity index (χ3v) is 4.68. The van der Waals surface area contributed by atoms with Crippen molar-refractivity contribution in [2.45, 2.75) is 11.4 Å². The van der Waals surface area contributed by atoms with Crippen LogP contribution in [0, 0.1) is 5.82 Å². The van der Waals surface area contributed by atoms with Crippen LogP contribution in [0.25, 0.3) is 11.3 Å². The Labute approximate surface area is 165 Å². The summed E-state index contributed by atoms with van der Waals surface area (Å²) in [5.74, 6) is -0.534. The minimum atomic E-state index is -0.444. The predicted molar refractivity (Wildman–Crippen MR) is 107 cm³/mol. The number of hydrogen-bond donors (Lipinski definition) is 1. The van der Waals surface area contributed by atoms with E-state index < -0.39 is 11.4 Å².